The van der Waals surface area contributed by atoms with E-state index in [1.807, 2.05) is 32.1 Å². The minimum atomic E-state index is -0.544. The summed E-state index contributed by atoms with van der Waals surface area (Å²) in [4.78, 5) is 37.3. The maximum atomic E-state index is 12.5. The van der Waals surface area contributed by atoms with Gasteiger partial charge < -0.3 is 4.90 Å². The highest BCUT2D eigenvalue weighted by Gasteiger charge is 2.39. The van der Waals surface area contributed by atoms with Crippen molar-refractivity contribution in [2.75, 3.05) is 6.54 Å². The third kappa shape index (κ3) is 3.03. The molecule has 1 atom stereocenters. The summed E-state index contributed by atoms with van der Waals surface area (Å²) >= 11 is 0. The predicted molar refractivity (Wildman–Crippen MR) is 83.8 cm³/mol. The lowest BCUT2D eigenvalue weighted by Gasteiger charge is -2.30. The quantitative estimate of drug-likeness (QED) is 0.637. The number of piperidine rings is 1. The van der Waals surface area contributed by atoms with Crippen molar-refractivity contribution in [2.45, 2.75) is 46.1 Å². The largest absolute Gasteiger partial charge is 0.323 e. The zero-order chi connectivity index (χ0) is 16.3. The van der Waals surface area contributed by atoms with E-state index in [1.54, 1.807) is 4.90 Å². The lowest BCUT2D eigenvalue weighted by Crippen LogP contribution is -2.53. The molecule has 2 aliphatic heterocycles. The molecule has 1 unspecified atom stereocenters. The smallest absolute Gasteiger partial charge is 0.250 e. The molecule has 0 radical (unpaired) electrons. The summed E-state index contributed by atoms with van der Waals surface area (Å²) in [5.41, 5.74) is 2.80. The zero-order valence-electron chi connectivity index (χ0n) is 13.3. The molecule has 0 aliphatic carbocycles. The molecule has 1 saturated heterocycles. The topological polar surface area (TPSA) is 66.5 Å². The first-order valence-electron chi connectivity index (χ1n) is 7.66. The molecule has 0 aromatic carbocycles. The lowest BCUT2D eigenvalue weighted by molar-refractivity contribution is -0.142. The molecule has 3 amide bonds. The van der Waals surface area contributed by atoms with Crippen molar-refractivity contribution < 1.29 is 14.4 Å². The van der Waals surface area contributed by atoms with Gasteiger partial charge in [-0.05, 0) is 37.8 Å². The van der Waals surface area contributed by atoms with Gasteiger partial charge in [0.25, 0.3) is 5.91 Å². The maximum absolute atomic E-state index is 12.5. The zero-order valence-corrected chi connectivity index (χ0v) is 13.3. The van der Waals surface area contributed by atoms with Crippen LogP contribution in [0, 0.1) is 0 Å². The molecule has 0 saturated carbocycles. The van der Waals surface area contributed by atoms with Gasteiger partial charge in [-0.3, -0.25) is 19.7 Å². The Bertz CT molecular complexity index is 599. The predicted octanol–water partition coefficient (Wildman–Crippen LogP) is 1.86. The standard InChI is InChI=1S/C17H22N2O3/c1-4-6-7-12(5-2)13-10-19(17(22)11(13)3)14-8-9-15(20)18-16(14)21/h4,6-7,14H,5,8-10H2,1-3H3,(H,18,20,21)/b6-4-,12-7-. The number of imide groups is 1. The minimum absolute atomic E-state index is 0.107. The summed E-state index contributed by atoms with van der Waals surface area (Å²) in [6.45, 7) is 6.24. The second-order valence-electron chi connectivity index (χ2n) is 5.57. The van der Waals surface area contributed by atoms with Gasteiger partial charge in [-0.2, -0.15) is 0 Å². The van der Waals surface area contributed by atoms with Crippen LogP contribution in [0.1, 0.15) is 40.0 Å². The summed E-state index contributed by atoms with van der Waals surface area (Å²) in [5, 5.41) is 2.32. The van der Waals surface area contributed by atoms with Gasteiger partial charge >= 0.3 is 0 Å². The highest BCUT2D eigenvalue weighted by Crippen LogP contribution is 2.30. The van der Waals surface area contributed by atoms with E-state index in [1.165, 1.54) is 0 Å². The highest BCUT2D eigenvalue weighted by atomic mass is 16.2. The molecule has 2 aliphatic rings. The third-order valence-electron chi connectivity index (χ3n) is 4.21. The number of nitrogens with one attached hydrogen (secondary N) is 1. The van der Waals surface area contributed by atoms with Gasteiger partial charge in [0.15, 0.2) is 0 Å². The van der Waals surface area contributed by atoms with Crippen molar-refractivity contribution in [3.8, 4) is 0 Å². The van der Waals surface area contributed by atoms with Crippen LogP contribution < -0.4 is 5.32 Å². The van der Waals surface area contributed by atoms with Crippen LogP contribution in [0.15, 0.2) is 34.9 Å². The van der Waals surface area contributed by atoms with Crippen LogP contribution >= 0.6 is 0 Å². The van der Waals surface area contributed by atoms with E-state index in [0.717, 1.165) is 17.6 Å². The summed E-state index contributed by atoms with van der Waals surface area (Å²) in [7, 11) is 0. The van der Waals surface area contributed by atoms with Crippen molar-refractivity contribution in [3.63, 3.8) is 0 Å². The number of carbonyl (C=O) groups is 3. The molecule has 0 spiro atoms. The van der Waals surface area contributed by atoms with E-state index in [2.05, 4.69) is 12.2 Å². The fraction of sp³-hybridized carbons (Fsp3) is 0.471. The lowest BCUT2D eigenvalue weighted by atomic mass is 10.00. The molecule has 0 bridgehead atoms. The Morgan fingerprint density at radius 1 is 1.36 bits per heavy atom. The molecule has 22 heavy (non-hydrogen) atoms. The molecule has 5 nitrogen and oxygen atoms in total. The van der Waals surface area contributed by atoms with Gasteiger partial charge in [-0.1, -0.05) is 25.2 Å². The summed E-state index contributed by atoms with van der Waals surface area (Å²) in [6.07, 6.45) is 7.42. The second-order valence-corrected chi connectivity index (χ2v) is 5.57. The number of hydrogen-bond donors (Lipinski definition) is 1. The highest BCUT2D eigenvalue weighted by molar-refractivity contribution is 6.05. The van der Waals surface area contributed by atoms with E-state index in [9.17, 15) is 14.4 Å². The van der Waals surface area contributed by atoms with Gasteiger partial charge in [-0.15, -0.1) is 0 Å². The summed E-state index contributed by atoms with van der Waals surface area (Å²) in [5.74, 6) is -0.738. The molecule has 1 fully saturated rings. The van der Waals surface area contributed by atoms with Gasteiger partial charge in [0.1, 0.15) is 6.04 Å². The molecular weight excluding hydrogens is 280 g/mol. The average molecular weight is 302 g/mol. The van der Waals surface area contributed by atoms with Crippen molar-refractivity contribution in [1.82, 2.24) is 10.2 Å². The summed E-state index contributed by atoms with van der Waals surface area (Å²) < 4.78 is 0. The number of allylic oxidation sites excluding steroid dienone is 3. The van der Waals surface area contributed by atoms with Crippen LogP contribution in [0.2, 0.25) is 0 Å². The van der Waals surface area contributed by atoms with Crippen LogP contribution in [0.25, 0.3) is 0 Å². The van der Waals surface area contributed by atoms with Crippen LogP contribution in [-0.4, -0.2) is 35.2 Å². The van der Waals surface area contributed by atoms with Crippen molar-refractivity contribution >= 4 is 17.7 Å². The molecule has 2 heterocycles. The molecule has 118 valence electrons. The first-order valence-corrected chi connectivity index (χ1v) is 7.66. The van der Waals surface area contributed by atoms with Crippen LogP contribution in [0.4, 0.5) is 0 Å². The normalized spacial score (nSPS) is 23.8. The van der Waals surface area contributed by atoms with E-state index < -0.39 is 6.04 Å². The Morgan fingerprint density at radius 3 is 2.68 bits per heavy atom. The van der Waals surface area contributed by atoms with Gasteiger partial charge in [0.05, 0.1) is 0 Å². The SMILES string of the molecule is C/C=C\C=C(\CC)C1=C(C)C(=O)N(C2CCC(=O)NC2=O)C1. The van der Waals surface area contributed by atoms with Crippen LogP contribution in [0.3, 0.4) is 0 Å². The van der Waals surface area contributed by atoms with Gasteiger partial charge in [-0.25, -0.2) is 0 Å². The first-order chi connectivity index (χ1) is 10.5. The van der Waals surface area contributed by atoms with E-state index in [0.29, 0.717) is 18.5 Å². The third-order valence-corrected chi connectivity index (χ3v) is 4.21. The molecule has 0 aromatic heterocycles. The maximum Gasteiger partial charge on any atom is 0.250 e. The van der Waals surface area contributed by atoms with Crippen LogP contribution in [0.5, 0.6) is 0 Å². The molecule has 0 aromatic rings. The molecule has 1 N–H and O–H groups in total. The Balaban J connectivity index is 2.22. The molecular formula is C17H22N2O3. The van der Waals surface area contributed by atoms with E-state index >= 15 is 0 Å². The van der Waals surface area contributed by atoms with E-state index in [-0.39, 0.29) is 24.1 Å². The van der Waals surface area contributed by atoms with Crippen molar-refractivity contribution in [2.24, 2.45) is 0 Å². The Kier molecular flexibility index (Phi) is 4.96. The number of amides is 3. The van der Waals surface area contributed by atoms with Gasteiger partial charge in [0, 0.05) is 18.5 Å². The van der Waals surface area contributed by atoms with Crippen LogP contribution in [-0.2, 0) is 14.4 Å². The molecule has 5 heteroatoms. The Hall–Kier alpha value is -2.17. The number of nitrogens with zero attached hydrogens (tertiary/aromatic N) is 1. The first kappa shape index (κ1) is 16.2. The summed E-state index contributed by atoms with van der Waals surface area (Å²) in [6, 6.07) is -0.544. The van der Waals surface area contributed by atoms with Gasteiger partial charge in [0.2, 0.25) is 11.8 Å². The number of carbonyl (C=O) groups excluding carboxylic acids is 3. The fourth-order valence-corrected chi connectivity index (χ4v) is 2.92. The number of rotatable bonds is 4. The monoisotopic (exact) mass is 302 g/mol. The second kappa shape index (κ2) is 6.73. The molecule has 2 rings (SSSR count). The van der Waals surface area contributed by atoms with Crippen molar-refractivity contribution in [1.29, 1.82) is 0 Å². The average Bonchev–Trinajstić information content (AvgIpc) is 2.77. The fourth-order valence-electron chi connectivity index (χ4n) is 2.92. The van der Waals surface area contributed by atoms with Crippen molar-refractivity contribution in [3.05, 3.63) is 34.9 Å². The Labute approximate surface area is 130 Å². The number of hydrogen-bond acceptors (Lipinski definition) is 3. The minimum Gasteiger partial charge on any atom is -0.323 e. The Morgan fingerprint density at radius 2 is 2.09 bits per heavy atom. The van der Waals surface area contributed by atoms with E-state index in [4.69, 9.17) is 0 Å².